The highest BCUT2D eigenvalue weighted by atomic mass is 19.1. The van der Waals surface area contributed by atoms with Gasteiger partial charge >= 0.3 is 6.03 Å². The number of aryl methyl sites for hydroxylation is 2. The van der Waals surface area contributed by atoms with E-state index >= 15 is 0 Å². The van der Waals surface area contributed by atoms with E-state index in [0.717, 1.165) is 24.1 Å². The number of benzene rings is 2. The molecule has 1 N–H and O–H groups in total. The second-order valence-electron chi connectivity index (χ2n) is 7.45. The van der Waals surface area contributed by atoms with Crippen LogP contribution >= 0.6 is 0 Å². The lowest BCUT2D eigenvalue weighted by Gasteiger charge is -2.30. The first-order valence-electron chi connectivity index (χ1n) is 9.72. The molecule has 150 valence electrons. The topological polar surface area (TPSA) is 71.3 Å². The summed E-state index contributed by atoms with van der Waals surface area (Å²) in [5.74, 6) is 0.833. The van der Waals surface area contributed by atoms with Gasteiger partial charge in [0.25, 0.3) is 0 Å². The molecule has 7 heteroatoms. The van der Waals surface area contributed by atoms with Crippen LogP contribution in [-0.4, -0.2) is 34.2 Å². The summed E-state index contributed by atoms with van der Waals surface area (Å²) in [6.07, 6.45) is 1.51. The lowest BCUT2D eigenvalue weighted by molar-refractivity contribution is 0.187. The van der Waals surface area contributed by atoms with Crippen molar-refractivity contribution in [1.29, 1.82) is 0 Å². The monoisotopic (exact) mass is 394 g/mol. The predicted molar refractivity (Wildman–Crippen MR) is 108 cm³/mol. The maximum absolute atomic E-state index is 13.1. The molecule has 3 aromatic rings. The van der Waals surface area contributed by atoms with Crippen molar-refractivity contribution in [3.8, 4) is 11.4 Å². The number of carbonyl (C=O) groups is 1. The Labute approximate surface area is 168 Å². The van der Waals surface area contributed by atoms with Crippen molar-refractivity contribution in [1.82, 2.24) is 15.0 Å². The average Bonchev–Trinajstić information content (AvgIpc) is 3.21. The van der Waals surface area contributed by atoms with Gasteiger partial charge < -0.3 is 14.7 Å². The highest BCUT2D eigenvalue weighted by Gasteiger charge is 2.27. The Bertz CT molecular complexity index is 1010. The van der Waals surface area contributed by atoms with E-state index < -0.39 is 0 Å². The first-order valence-corrected chi connectivity index (χ1v) is 9.72. The molecule has 0 unspecified atom stereocenters. The Morgan fingerprint density at radius 1 is 1.10 bits per heavy atom. The fraction of sp³-hybridized carbons (Fsp3) is 0.318. The van der Waals surface area contributed by atoms with Crippen molar-refractivity contribution >= 4 is 11.7 Å². The van der Waals surface area contributed by atoms with Crippen molar-refractivity contribution in [2.24, 2.45) is 0 Å². The summed E-state index contributed by atoms with van der Waals surface area (Å²) in [5, 5.41) is 6.98. The molecule has 6 nitrogen and oxygen atoms in total. The molecule has 4 rings (SSSR count). The number of hydrogen-bond donors (Lipinski definition) is 1. The first-order chi connectivity index (χ1) is 14.0. The minimum Gasteiger partial charge on any atom is -0.339 e. The molecular formula is C22H23FN4O2. The zero-order valence-corrected chi connectivity index (χ0v) is 16.5. The molecular weight excluding hydrogens is 371 g/mol. The smallest absolute Gasteiger partial charge is 0.321 e. The summed E-state index contributed by atoms with van der Waals surface area (Å²) < 4.78 is 18.5. The third-order valence-corrected chi connectivity index (χ3v) is 5.43. The molecule has 0 saturated carbocycles. The minimum atomic E-state index is -0.302. The molecule has 2 amide bonds. The van der Waals surface area contributed by atoms with E-state index in [2.05, 4.69) is 15.5 Å². The molecule has 0 atom stereocenters. The lowest BCUT2D eigenvalue weighted by Crippen LogP contribution is -2.40. The van der Waals surface area contributed by atoms with Gasteiger partial charge in [0, 0.05) is 30.3 Å². The zero-order chi connectivity index (χ0) is 20.4. The fourth-order valence-corrected chi connectivity index (χ4v) is 3.47. The molecule has 1 fully saturated rings. The van der Waals surface area contributed by atoms with E-state index in [1.807, 2.05) is 36.9 Å². The maximum Gasteiger partial charge on any atom is 0.321 e. The number of piperidine rings is 1. The van der Waals surface area contributed by atoms with Crippen LogP contribution in [0.1, 0.15) is 35.8 Å². The first kappa shape index (κ1) is 19.1. The molecule has 1 aromatic heterocycles. The summed E-state index contributed by atoms with van der Waals surface area (Å²) in [6.45, 7) is 5.32. The predicted octanol–water partition coefficient (Wildman–Crippen LogP) is 4.90. The number of anilines is 1. The summed E-state index contributed by atoms with van der Waals surface area (Å²) in [5.41, 5.74) is 3.87. The van der Waals surface area contributed by atoms with Gasteiger partial charge in [-0.15, -0.1) is 0 Å². The average molecular weight is 394 g/mol. The van der Waals surface area contributed by atoms with Crippen LogP contribution < -0.4 is 5.32 Å². The molecule has 2 aromatic carbocycles. The quantitative estimate of drug-likeness (QED) is 0.686. The van der Waals surface area contributed by atoms with Gasteiger partial charge in [0.15, 0.2) is 0 Å². The van der Waals surface area contributed by atoms with Gasteiger partial charge in [-0.1, -0.05) is 11.2 Å². The van der Waals surface area contributed by atoms with Crippen LogP contribution in [0.15, 0.2) is 47.0 Å². The van der Waals surface area contributed by atoms with E-state index in [4.69, 9.17) is 4.52 Å². The van der Waals surface area contributed by atoms with Crippen LogP contribution in [-0.2, 0) is 0 Å². The van der Waals surface area contributed by atoms with E-state index in [1.54, 1.807) is 12.1 Å². The Kier molecular flexibility index (Phi) is 5.29. The van der Waals surface area contributed by atoms with E-state index in [1.165, 1.54) is 17.7 Å². The largest absolute Gasteiger partial charge is 0.339 e. The van der Waals surface area contributed by atoms with Gasteiger partial charge in [0.2, 0.25) is 11.7 Å². The highest BCUT2D eigenvalue weighted by Crippen LogP contribution is 2.29. The van der Waals surface area contributed by atoms with Gasteiger partial charge in [-0.25, -0.2) is 9.18 Å². The van der Waals surface area contributed by atoms with Gasteiger partial charge in [-0.2, -0.15) is 4.98 Å². The summed E-state index contributed by atoms with van der Waals surface area (Å²) >= 11 is 0. The number of hydrogen-bond acceptors (Lipinski definition) is 4. The minimum absolute atomic E-state index is 0.0933. The third-order valence-electron chi connectivity index (χ3n) is 5.43. The van der Waals surface area contributed by atoms with Gasteiger partial charge in [0.05, 0.1) is 0 Å². The molecule has 1 aliphatic heterocycles. The molecule has 0 spiro atoms. The Morgan fingerprint density at radius 3 is 2.52 bits per heavy atom. The molecule has 2 heterocycles. The summed E-state index contributed by atoms with van der Waals surface area (Å²) in [6, 6.07) is 11.8. The summed E-state index contributed by atoms with van der Waals surface area (Å²) in [7, 11) is 0. The van der Waals surface area contributed by atoms with Crippen LogP contribution in [0.2, 0.25) is 0 Å². The Morgan fingerprint density at radius 2 is 1.83 bits per heavy atom. The SMILES string of the molecule is Cc1ccc(NC(=O)N2CCC(c3nc(-c4ccc(F)cc4)no3)CC2)cc1C. The van der Waals surface area contributed by atoms with Crippen LogP contribution in [0.25, 0.3) is 11.4 Å². The van der Waals surface area contributed by atoms with Crippen molar-refractivity contribution in [2.75, 3.05) is 18.4 Å². The van der Waals surface area contributed by atoms with Gasteiger partial charge in [0.1, 0.15) is 5.82 Å². The second-order valence-corrected chi connectivity index (χ2v) is 7.45. The van der Waals surface area contributed by atoms with Crippen molar-refractivity contribution in [2.45, 2.75) is 32.6 Å². The standard InChI is InChI=1S/C22H23FN4O2/c1-14-3-8-19(13-15(14)2)24-22(28)27-11-9-17(10-12-27)21-25-20(26-29-21)16-4-6-18(23)7-5-16/h3-8,13,17H,9-12H2,1-2H3,(H,24,28). The van der Waals surface area contributed by atoms with Crippen molar-refractivity contribution in [3.63, 3.8) is 0 Å². The number of halogens is 1. The van der Waals surface area contributed by atoms with Crippen LogP contribution in [0, 0.1) is 19.7 Å². The molecule has 0 aliphatic carbocycles. The van der Waals surface area contributed by atoms with Crippen LogP contribution in [0.5, 0.6) is 0 Å². The molecule has 1 aliphatic rings. The highest BCUT2D eigenvalue weighted by molar-refractivity contribution is 5.89. The molecule has 0 bridgehead atoms. The number of urea groups is 1. The van der Waals surface area contributed by atoms with E-state index in [0.29, 0.717) is 30.4 Å². The molecule has 1 saturated heterocycles. The number of carbonyl (C=O) groups excluding carboxylic acids is 1. The molecule has 0 radical (unpaired) electrons. The third kappa shape index (κ3) is 4.29. The number of rotatable bonds is 3. The van der Waals surface area contributed by atoms with Gasteiger partial charge in [-0.3, -0.25) is 0 Å². The summed E-state index contributed by atoms with van der Waals surface area (Å²) in [4.78, 5) is 18.8. The Hall–Kier alpha value is -3.22. The maximum atomic E-state index is 13.1. The number of likely N-dealkylation sites (tertiary alicyclic amines) is 1. The van der Waals surface area contributed by atoms with E-state index in [9.17, 15) is 9.18 Å². The van der Waals surface area contributed by atoms with Gasteiger partial charge in [-0.05, 0) is 74.2 Å². The van der Waals surface area contributed by atoms with Crippen LogP contribution in [0.3, 0.4) is 0 Å². The molecule has 29 heavy (non-hydrogen) atoms. The number of aromatic nitrogens is 2. The van der Waals surface area contributed by atoms with E-state index in [-0.39, 0.29) is 17.8 Å². The fourth-order valence-electron chi connectivity index (χ4n) is 3.47. The number of nitrogens with zero attached hydrogens (tertiary/aromatic N) is 3. The normalized spacial score (nSPS) is 14.8. The number of amides is 2. The van der Waals surface area contributed by atoms with Crippen molar-refractivity contribution < 1.29 is 13.7 Å². The van der Waals surface area contributed by atoms with Crippen molar-refractivity contribution in [3.05, 3.63) is 65.3 Å². The second kappa shape index (κ2) is 8.03. The van der Waals surface area contributed by atoms with Crippen LogP contribution in [0.4, 0.5) is 14.9 Å². The zero-order valence-electron chi connectivity index (χ0n) is 16.5. The Balaban J connectivity index is 1.35. The lowest BCUT2D eigenvalue weighted by atomic mass is 9.97. The number of nitrogens with one attached hydrogen (secondary N) is 1.